The zero-order valence-electron chi connectivity index (χ0n) is 9.57. The average molecular weight is 245 g/mol. The highest BCUT2D eigenvalue weighted by Gasteiger charge is 2.48. The lowest BCUT2D eigenvalue weighted by molar-refractivity contribution is -0.140. The molecule has 0 aromatic rings. The summed E-state index contributed by atoms with van der Waals surface area (Å²) in [6.45, 7) is 0.677. The van der Waals surface area contributed by atoms with Gasteiger partial charge in [0.2, 0.25) is 5.91 Å². The van der Waals surface area contributed by atoms with Gasteiger partial charge < -0.3 is 10.4 Å². The Balaban J connectivity index is 1.98. The number of thioether (sulfide) groups is 1. The molecule has 1 aliphatic rings. The molecule has 5 heteroatoms. The summed E-state index contributed by atoms with van der Waals surface area (Å²) in [6, 6.07) is 0. The van der Waals surface area contributed by atoms with Crippen molar-refractivity contribution in [3.05, 3.63) is 0 Å². The van der Waals surface area contributed by atoms with Crippen LogP contribution < -0.4 is 5.32 Å². The monoisotopic (exact) mass is 245 g/mol. The molecule has 2 atom stereocenters. The molecule has 0 bridgehead atoms. The molecular formula is C11H19NO3S. The summed E-state index contributed by atoms with van der Waals surface area (Å²) >= 11 is 1.83. The first-order valence-electron chi connectivity index (χ1n) is 5.66. The molecule has 92 valence electrons. The second kappa shape index (κ2) is 6.78. The Hall–Kier alpha value is -0.710. The first-order valence-corrected chi connectivity index (χ1v) is 7.05. The van der Waals surface area contributed by atoms with Crippen LogP contribution in [0.3, 0.4) is 0 Å². The zero-order chi connectivity index (χ0) is 12.0. The molecule has 1 saturated carbocycles. The Bertz CT molecular complexity index is 258. The van der Waals surface area contributed by atoms with E-state index in [-0.39, 0.29) is 11.8 Å². The molecule has 16 heavy (non-hydrogen) atoms. The lowest BCUT2D eigenvalue weighted by Gasteiger charge is -2.03. The predicted octanol–water partition coefficient (Wildman–Crippen LogP) is 1.36. The molecule has 0 spiro atoms. The van der Waals surface area contributed by atoms with Crippen LogP contribution in [0.25, 0.3) is 0 Å². The molecule has 1 rings (SSSR count). The summed E-state index contributed by atoms with van der Waals surface area (Å²) in [5.41, 5.74) is 0. The molecule has 1 amide bonds. The topological polar surface area (TPSA) is 66.4 Å². The van der Waals surface area contributed by atoms with Gasteiger partial charge in [0.15, 0.2) is 0 Å². The van der Waals surface area contributed by atoms with E-state index >= 15 is 0 Å². The van der Waals surface area contributed by atoms with Gasteiger partial charge in [-0.1, -0.05) is 6.42 Å². The fraction of sp³-hybridized carbons (Fsp3) is 0.818. The SMILES string of the molecule is CSCCCCCNC(=O)[C@@H]1C[C@@H]1C(=O)O. The van der Waals surface area contributed by atoms with Gasteiger partial charge >= 0.3 is 5.97 Å². The second-order valence-electron chi connectivity index (χ2n) is 4.13. The van der Waals surface area contributed by atoms with Gasteiger partial charge in [0, 0.05) is 6.54 Å². The third-order valence-electron chi connectivity index (χ3n) is 2.77. The van der Waals surface area contributed by atoms with Crippen molar-refractivity contribution >= 4 is 23.6 Å². The number of hydrogen-bond donors (Lipinski definition) is 2. The minimum absolute atomic E-state index is 0.0859. The minimum Gasteiger partial charge on any atom is -0.481 e. The van der Waals surface area contributed by atoms with Crippen molar-refractivity contribution in [3.63, 3.8) is 0 Å². The minimum atomic E-state index is -0.847. The summed E-state index contributed by atoms with van der Waals surface area (Å²) in [4.78, 5) is 22.0. The number of carbonyl (C=O) groups is 2. The number of carboxylic acids is 1. The fourth-order valence-corrected chi connectivity index (χ4v) is 2.14. The number of unbranched alkanes of at least 4 members (excludes halogenated alkanes) is 2. The van der Waals surface area contributed by atoms with E-state index in [4.69, 9.17) is 5.11 Å². The van der Waals surface area contributed by atoms with E-state index in [1.165, 1.54) is 6.42 Å². The van der Waals surface area contributed by atoms with Crippen LogP contribution in [-0.2, 0) is 9.59 Å². The van der Waals surface area contributed by atoms with Crippen LogP contribution in [0.4, 0.5) is 0 Å². The van der Waals surface area contributed by atoms with E-state index in [1.54, 1.807) is 0 Å². The molecular weight excluding hydrogens is 226 g/mol. The van der Waals surface area contributed by atoms with E-state index in [0.717, 1.165) is 18.6 Å². The van der Waals surface area contributed by atoms with Crippen LogP contribution in [0.2, 0.25) is 0 Å². The fourth-order valence-electron chi connectivity index (χ4n) is 1.65. The maximum Gasteiger partial charge on any atom is 0.307 e. The Labute approximate surface area is 100 Å². The van der Waals surface area contributed by atoms with E-state index in [2.05, 4.69) is 11.6 Å². The Morgan fingerprint density at radius 3 is 2.62 bits per heavy atom. The summed E-state index contributed by atoms with van der Waals surface area (Å²) in [6.07, 6.45) is 5.87. The highest BCUT2D eigenvalue weighted by atomic mass is 32.2. The maximum atomic E-state index is 11.4. The molecule has 0 saturated heterocycles. The first-order chi connectivity index (χ1) is 7.66. The smallest absolute Gasteiger partial charge is 0.307 e. The highest BCUT2D eigenvalue weighted by Crippen LogP contribution is 2.38. The molecule has 4 nitrogen and oxygen atoms in total. The Kier molecular flexibility index (Phi) is 5.66. The van der Waals surface area contributed by atoms with Crippen molar-refractivity contribution in [2.75, 3.05) is 18.6 Å². The van der Waals surface area contributed by atoms with Crippen molar-refractivity contribution in [1.29, 1.82) is 0 Å². The summed E-state index contributed by atoms with van der Waals surface area (Å²) < 4.78 is 0. The van der Waals surface area contributed by atoms with E-state index in [9.17, 15) is 9.59 Å². The summed E-state index contributed by atoms with van der Waals surface area (Å²) in [7, 11) is 0. The van der Waals surface area contributed by atoms with Crippen LogP contribution in [-0.4, -0.2) is 35.5 Å². The number of amides is 1. The van der Waals surface area contributed by atoms with Crippen molar-refractivity contribution < 1.29 is 14.7 Å². The molecule has 2 N–H and O–H groups in total. The Morgan fingerprint density at radius 2 is 2.06 bits per heavy atom. The van der Waals surface area contributed by atoms with Gasteiger partial charge in [-0.15, -0.1) is 0 Å². The van der Waals surface area contributed by atoms with E-state index in [0.29, 0.717) is 13.0 Å². The zero-order valence-corrected chi connectivity index (χ0v) is 10.4. The molecule has 0 aromatic heterocycles. The van der Waals surface area contributed by atoms with E-state index in [1.807, 2.05) is 11.8 Å². The number of carboxylic acid groups (broad SMARTS) is 1. The van der Waals surface area contributed by atoms with Crippen molar-refractivity contribution in [1.82, 2.24) is 5.32 Å². The number of hydrogen-bond acceptors (Lipinski definition) is 3. The summed E-state index contributed by atoms with van der Waals surface area (Å²) in [5, 5.41) is 11.5. The third-order valence-corrected chi connectivity index (χ3v) is 3.47. The molecule has 0 unspecified atom stereocenters. The van der Waals surface area contributed by atoms with E-state index < -0.39 is 11.9 Å². The van der Waals surface area contributed by atoms with Gasteiger partial charge in [-0.3, -0.25) is 9.59 Å². The Morgan fingerprint density at radius 1 is 1.31 bits per heavy atom. The maximum absolute atomic E-state index is 11.4. The molecule has 0 aliphatic heterocycles. The van der Waals surface area contributed by atoms with Crippen molar-refractivity contribution in [2.45, 2.75) is 25.7 Å². The van der Waals surface area contributed by atoms with Gasteiger partial charge in [0.1, 0.15) is 0 Å². The van der Waals surface area contributed by atoms with Crippen molar-refractivity contribution in [2.24, 2.45) is 11.8 Å². The van der Waals surface area contributed by atoms with Gasteiger partial charge in [-0.25, -0.2) is 0 Å². The number of carbonyl (C=O) groups excluding carboxylic acids is 1. The molecule has 0 aromatic carbocycles. The van der Waals surface area contributed by atoms with Crippen LogP contribution >= 0.6 is 11.8 Å². The molecule has 1 fully saturated rings. The van der Waals surface area contributed by atoms with Crippen LogP contribution in [0.5, 0.6) is 0 Å². The number of rotatable bonds is 8. The lowest BCUT2D eigenvalue weighted by Crippen LogP contribution is -2.27. The predicted molar refractivity (Wildman–Crippen MR) is 64.5 cm³/mol. The largest absolute Gasteiger partial charge is 0.481 e. The highest BCUT2D eigenvalue weighted by molar-refractivity contribution is 7.98. The first kappa shape index (κ1) is 13.4. The standard InChI is InChI=1S/C11H19NO3S/c1-16-6-4-2-3-5-12-10(13)8-7-9(8)11(14)15/h8-9H,2-7H2,1H3,(H,12,13)(H,14,15)/t8-,9+/m1/s1. The normalized spacial score (nSPS) is 22.8. The van der Waals surface area contributed by atoms with Gasteiger partial charge in [0.05, 0.1) is 11.8 Å². The quantitative estimate of drug-likeness (QED) is 0.634. The summed E-state index contributed by atoms with van der Waals surface area (Å²) in [5.74, 6) is -0.477. The second-order valence-corrected chi connectivity index (χ2v) is 5.12. The molecule has 1 aliphatic carbocycles. The average Bonchev–Trinajstić information content (AvgIpc) is 3.02. The van der Waals surface area contributed by atoms with Crippen molar-refractivity contribution in [3.8, 4) is 0 Å². The molecule has 0 radical (unpaired) electrons. The molecule has 0 heterocycles. The van der Waals surface area contributed by atoms with Gasteiger partial charge in [0.25, 0.3) is 0 Å². The lowest BCUT2D eigenvalue weighted by atomic mass is 10.2. The van der Waals surface area contributed by atoms with Gasteiger partial charge in [-0.2, -0.15) is 11.8 Å². The van der Waals surface area contributed by atoms with Crippen LogP contribution in [0.15, 0.2) is 0 Å². The van der Waals surface area contributed by atoms with Crippen LogP contribution in [0, 0.1) is 11.8 Å². The van der Waals surface area contributed by atoms with Gasteiger partial charge in [-0.05, 0) is 31.3 Å². The number of aliphatic carboxylic acids is 1. The van der Waals surface area contributed by atoms with Crippen LogP contribution in [0.1, 0.15) is 25.7 Å². The number of nitrogens with one attached hydrogen (secondary N) is 1. The third kappa shape index (κ3) is 4.43.